The number of hydrogen-bond acceptors (Lipinski definition) is 4. The summed E-state index contributed by atoms with van der Waals surface area (Å²) in [5.74, 6) is -1.07. The number of carbonyl (C=O) groups is 2. The van der Waals surface area contributed by atoms with Crippen molar-refractivity contribution >= 4 is 11.8 Å². The second-order valence-electron chi connectivity index (χ2n) is 5.40. The van der Waals surface area contributed by atoms with E-state index in [1.54, 1.807) is 19.1 Å². The minimum absolute atomic E-state index is 0.0268. The third-order valence-electron chi connectivity index (χ3n) is 3.26. The first-order valence-electron chi connectivity index (χ1n) is 7.14. The first-order chi connectivity index (χ1) is 10.3. The lowest BCUT2D eigenvalue weighted by Crippen LogP contribution is -2.28. The molecular formula is C18H22O4. The van der Waals surface area contributed by atoms with Crippen LogP contribution in [0.4, 0.5) is 0 Å². The van der Waals surface area contributed by atoms with Crippen molar-refractivity contribution in [2.45, 2.75) is 33.3 Å². The van der Waals surface area contributed by atoms with Crippen LogP contribution in [0.1, 0.15) is 27.2 Å². The van der Waals surface area contributed by atoms with Crippen molar-refractivity contribution in [2.75, 3.05) is 0 Å². The van der Waals surface area contributed by atoms with Crippen molar-refractivity contribution in [3.63, 3.8) is 0 Å². The third-order valence-corrected chi connectivity index (χ3v) is 3.26. The van der Waals surface area contributed by atoms with Crippen molar-refractivity contribution in [3.05, 3.63) is 59.9 Å². The zero-order valence-electron chi connectivity index (χ0n) is 13.2. The molecule has 0 amide bonds. The Bertz CT molecular complexity index is 576. The molecule has 0 aliphatic carbocycles. The van der Waals surface area contributed by atoms with E-state index < -0.39 is 5.97 Å². The molecule has 0 bridgehead atoms. The van der Waals surface area contributed by atoms with E-state index in [0.717, 1.165) is 5.57 Å². The molecule has 0 saturated heterocycles. The van der Waals surface area contributed by atoms with E-state index in [9.17, 15) is 14.7 Å². The van der Waals surface area contributed by atoms with Gasteiger partial charge in [0, 0.05) is 12.3 Å². The van der Waals surface area contributed by atoms with E-state index >= 15 is 0 Å². The van der Waals surface area contributed by atoms with Crippen LogP contribution in [-0.2, 0) is 14.3 Å². The van der Waals surface area contributed by atoms with Crippen LogP contribution in [0.15, 0.2) is 59.9 Å². The van der Waals surface area contributed by atoms with Crippen LogP contribution in [0.5, 0.6) is 0 Å². The van der Waals surface area contributed by atoms with Gasteiger partial charge in [-0.2, -0.15) is 0 Å². The highest BCUT2D eigenvalue weighted by molar-refractivity contribution is 6.03. The molecule has 1 heterocycles. The number of rotatable bonds is 6. The minimum atomic E-state index is -0.675. The van der Waals surface area contributed by atoms with Gasteiger partial charge in [-0.25, -0.2) is 4.79 Å². The molecule has 118 valence electrons. The summed E-state index contributed by atoms with van der Waals surface area (Å²) in [5, 5.41) is 9.20. The van der Waals surface area contributed by atoms with E-state index in [2.05, 4.69) is 6.58 Å². The quantitative estimate of drug-likeness (QED) is 0.463. The topological polar surface area (TPSA) is 63.6 Å². The van der Waals surface area contributed by atoms with Gasteiger partial charge in [-0.05, 0) is 31.6 Å². The lowest BCUT2D eigenvalue weighted by molar-refractivity contribution is -0.150. The summed E-state index contributed by atoms with van der Waals surface area (Å²) in [5.41, 5.74) is 1.50. The number of cyclic esters (lactones) is 1. The van der Waals surface area contributed by atoms with Crippen molar-refractivity contribution in [3.8, 4) is 0 Å². The van der Waals surface area contributed by atoms with Crippen LogP contribution in [0.25, 0.3) is 0 Å². The summed E-state index contributed by atoms with van der Waals surface area (Å²) in [7, 11) is 0. The molecule has 0 spiro atoms. The zero-order valence-corrected chi connectivity index (χ0v) is 13.2. The Hall–Kier alpha value is -2.36. The van der Waals surface area contributed by atoms with Gasteiger partial charge in [-0.1, -0.05) is 43.4 Å². The van der Waals surface area contributed by atoms with Crippen LogP contribution < -0.4 is 0 Å². The highest BCUT2D eigenvalue weighted by atomic mass is 16.6. The number of esters is 1. The molecule has 1 aliphatic heterocycles. The molecule has 4 nitrogen and oxygen atoms in total. The standard InChI is InChI=1S/C18H22O4/c1-12(2)15(19)8-6-5-7-13(3)11-14(4)17-10-9-16(20)18(21)22-17/h5-9,11,14,17,20H,1,10H2,2-4H3/b7-5-,8-6-,13-11+/t14-,17-/m0/s1. The molecule has 1 aliphatic rings. The van der Waals surface area contributed by atoms with Gasteiger partial charge in [0.25, 0.3) is 0 Å². The van der Waals surface area contributed by atoms with Gasteiger partial charge >= 0.3 is 5.97 Å². The summed E-state index contributed by atoms with van der Waals surface area (Å²) in [6.07, 6.45) is 10.5. The molecule has 1 N–H and O–H groups in total. The monoisotopic (exact) mass is 302 g/mol. The first kappa shape index (κ1) is 17.7. The second kappa shape index (κ2) is 8.17. The van der Waals surface area contributed by atoms with E-state index in [-0.39, 0.29) is 23.6 Å². The summed E-state index contributed by atoms with van der Waals surface area (Å²) < 4.78 is 5.15. The third kappa shape index (κ3) is 5.56. The molecule has 0 fully saturated rings. The van der Waals surface area contributed by atoms with Crippen molar-refractivity contribution < 1.29 is 19.4 Å². The number of hydrogen-bond donors (Lipinski definition) is 1. The average Bonchev–Trinajstić information content (AvgIpc) is 2.45. The molecule has 4 heteroatoms. The van der Waals surface area contributed by atoms with Crippen molar-refractivity contribution in [2.24, 2.45) is 5.92 Å². The molecular weight excluding hydrogens is 280 g/mol. The molecule has 0 unspecified atom stereocenters. The number of allylic oxidation sites excluding steroid dienone is 6. The number of ether oxygens (including phenoxy) is 1. The Morgan fingerprint density at radius 2 is 2.05 bits per heavy atom. The molecule has 1 rings (SSSR count). The Balaban J connectivity index is 2.59. The van der Waals surface area contributed by atoms with E-state index in [4.69, 9.17) is 4.74 Å². The molecule has 0 aromatic heterocycles. The summed E-state index contributed by atoms with van der Waals surface area (Å²) >= 11 is 0. The number of aliphatic hydroxyl groups is 1. The smallest absolute Gasteiger partial charge is 0.373 e. The fourth-order valence-corrected chi connectivity index (χ4v) is 1.95. The predicted octanol–water partition coefficient (Wildman–Crippen LogP) is 3.58. The summed E-state index contributed by atoms with van der Waals surface area (Å²) in [6.45, 7) is 9.12. The van der Waals surface area contributed by atoms with Crippen LogP contribution >= 0.6 is 0 Å². The lowest BCUT2D eigenvalue weighted by Gasteiger charge is -2.24. The number of carbonyl (C=O) groups excluding carboxylic acids is 2. The van der Waals surface area contributed by atoms with Gasteiger partial charge in [0.15, 0.2) is 11.5 Å². The Labute approximate surface area is 131 Å². The summed E-state index contributed by atoms with van der Waals surface area (Å²) in [4.78, 5) is 22.6. The first-order valence-corrected chi connectivity index (χ1v) is 7.14. The largest absolute Gasteiger partial charge is 0.502 e. The fraction of sp³-hybridized carbons (Fsp3) is 0.333. The maximum absolute atomic E-state index is 11.3. The maximum Gasteiger partial charge on any atom is 0.373 e. The molecule has 0 saturated carbocycles. The lowest BCUT2D eigenvalue weighted by atomic mass is 9.97. The Morgan fingerprint density at radius 3 is 2.64 bits per heavy atom. The normalized spacial score (nSPS) is 20.9. The van der Waals surface area contributed by atoms with Gasteiger partial charge in [0.05, 0.1) is 0 Å². The molecule has 0 aromatic rings. The number of ketones is 1. The molecule has 0 radical (unpaired) electrons. The predicted molar refractivity (Wildman–Crippen MR) is 86.2 cm³/mol. The van der Waals surface area contributed by atoms with Crippen LogP contribution in [0, 0.1) is 5.92 Å². The van der Waals surface area contributed by atoms with E-state index in [0.29, 0.717) is 12.0 Å². The van der Waals surface area contributed by atoms with E-state index in [1.165, 1.54) is 12.2 Å². The van der Waals surface area contributed by atoms with Crippen LogP contribution in [-0.4, -0.2) is 23.0 Å². The highest BCUT2D eigenvalue weighted by Gasteiger charge is 2.25. The van der Waals surface area contributed by atoms with Gasteiger partial charge in [0.2, 0.25) is 0 Å². The van der Waals surface area contributed by atoms with Crippen LogP contribution in [0.2, 0.25) is 0 Å². The minimum Gasteiger partial charge on any atom is -0.502 e. The molecule has 0 aromatic carbocycles. The Kier molecular flexibility index (Phi) is 6.57. The zero-order chi connectivity index (χ0) is 16.7. The van der Waals surface area contributed by atoms with Crippen molar-refractivity contribution in [1.29, 1.82) is 0 Å². The van der Waals surface area contributed by atoms with Gasteiger partial charge < -0.3 is 9.84 Å². The second-order valence-corrected chi connectivity index (χ2v) is 5.40. The fourth-order valence-electron chi connectivity index (χ4n) is 1.95. The van der Waals surface area contributed by atoms with Gasteiger partial charge in [-0.3, -0.25) is 4.79 Å². The number of aliphatic hydroxyl groups excluding tert-OH is 1. The van der Waals surface area contributed by atoms with Crippen LogP contribution in [0.3, 0.4) is 0 Å². The highest BCUT2D eigenvalue weighted by Crippen LogP contribution is 2.21. The average molecular weight is 302 g/mol. The van der Waals surface area contributed by atoms with Gasteiger partial charge in [-0.15, -0.1) is 0 Å². The molecule has 22 heavy (non-hydrogen) atoms. The van der Waals surface area contributed by atoms with Gasteiger partial charge in [0.1, 0.15) is 6.10 Å². The maximum atomic E-state index is 11.3. The summed E-state index contributed by atoms with van der Waals surface area (Å²) in [6, 6.07) is 0. The molecule has 2 atom stereocenters. The van der Waals surface area contributed by atoms with E-state index in [1.807, 2.05) is 26.0 Å². The Morgan fingerprint density at radius 1 is 1.41 bits per heavy atom. The van der Waals surface area contributed by atoms with Crippen molar-refractivity contribution in [1.82, 2.24) is 0 Å². The SMILES string of the molecule is C=C(C)C(=O)\C=C/C=C\C(C)=C\[C@H](C)[C@@H]1CC=C(O)C(=O)O1.